The van der Waals surface area contributed by atoms with Gasteiger partial charge in [-0.2, -0.15) is 0 Å². The first kappa shape index (κ1) is 15.7. The van der Waals surface area contributed by atoms with Crippen LogP contribution in [0.25, 0.3) is 0 Å². The first-order valence-corrected chi connectivity index (χ1v) is 6.91. The van der Waals surface area contributed by atoms with Crippen molar-refractivity contribution in [1.29, 1.82) is 0 Å². The highest BCUT2D eigenvalue weighted by molar-refractivity contribution is 5.88. The number of Topliss-reactive ketones (excluding diaryl/α,β-unsaturated/α-hetero) is 1. The predicted octanol–water partition coefficient (Wildman–Crippen LogP) is 3.45. The molecule has 0 bridgehead atoms. The second kappa shape index (κ2) is 7.27. The molecule has 0 amide bonds. The lowest BCUT2D eigenvalue weighted by Gasteiger charge is -2.15. The Kier molecular flexibility index (Phi) is 6.00. The van der Waals surface area contributed by atoms with Crippen molar-refractivity contribution in [3.63, 3.8) is 0 Å². The SMILES string of the molecule is C=C(C(=O)OC)[C@H]1CC=C(CCC(C)=O)[C@@H](C)CC1. The molecular weight excluding hydrogens is 240 g/mol. The molecule has 0 spiro atoms. The molecule has 0 radical (unpaired) electrons. The van der Waals surface area contributed by atoms with Gasteiger partial charge in [-0.25, -0.2) is 4.79 Å². The molecule has 2 atom stereocenters. The number of hydrogen-bond donors (Lipinski definition) is 0. The monoisotopic (exact) mass is 264 g/mol. The molecule has 106 valence electrons. The number of esters is 1. The third kappa shape index (κ3) is 4.66. The van der Waals surface area contributed by atoms with Gasteiger partial charge in [0.15, 0.2) is 0 Å². The number of ether oxygens (including phenoxy) is 1. The highest BCUT2D eigenvalue weighted by Gasteiger charge is 2.23. The van der Waals surface area contributed by atoms with Crippen LogP contribution in [-0.4, -0.2) is 18.9 Å². The Morgan fingerprint density at radius 3 is 2.68 bits per heavy atom. The molecule has 1 rings (SSSR count). The van der Waals surface area contributed by atoms with Gasteiger partial charge in [0.2, 0.25) is 0 Å². The topological polar surface area (TPSA) is 43.4 Å². The lowest BCUT2D eigenvalue weighted by atomic mass is 9.90. The van der Waals surface area contributed by atoms with Crippen LogP contribution in [0.4, 0.5) is 0 Å². The third-order valence-corrected chi connectivity index (χ3v) is 3.95. The molecule has 0 fully saturated rings. The van der Waals surface area contributed by atoms with Crippen LogP contribution in [0.3, 0.4) is 0 Å². The highest BCUT2D eigenvalue weighted by Crippen LogP contribution is 2.32. The van der Waals surface area contributed by atoms with E-state index in [1.165, 1.54) is 12.7 Å². The number of rotatable bonds is 5. The molecule has 3 nitrogen and oxygen atoms in total. The van der Waals surface area contributed by atoms with Gasteiger partial charge < -0.3 is 9.53 Å². The van der Waals surface area contributed by atoms with Crippen molar-refractivity contribution in [1.82, 2.24) is 0 Å². The minimum atomic E-state index is -0.307. The molecule has 0 aliphatic heterocycles. The molecule has 0 aromatic carbocycles. The molecule has 0 saturated carbocycles. The van der Waals surface area contributed by atoms with Gasteiger partial charge in [-0.15, -0.1) is 0 Å². The number of carbonyl (C=O) groups excluding carboxylic acids is 2. The Morgan fingerprint density at radius 2 is 2.11 bits per heavy atom. The third-order valence-electron chi connectivity index (χ3n) is 3.95. The van der Waals surface area contributed by atoms with Crippen LogP contribution in [-0.2, 0) is 14.3 Å². The molecule has 0 aromatic rings. The van der Waals surface area contributed by atoms with E-state index in [2.05, 4.69) is 19.6 Å². The van der Waals surface area contributed by atoms with Gasteiger partial charge in [0.25, 0.3) is 0 Å². The summed E-state index contributed by atoms with van der Waals surface area (Å²) in [6.07, 6.45) is 6.46. The summed E-state index contributed by atoms with van der Waals surface area (Å²) >= 11 is 0. The summed E-state index contributed by atoms with van der Waals surface area (Å²) in [5.74, 6) is 0.575. The number of hydrogen-bond acceptors (Lipinski definition) is 3. The molecule has 0 saturated heterocycles. The zero-order valence-corrected chi connectivity index (χ0v) is 12.2. The van der Waals surface area contributed by atoms with Crippen molar-refractivity contribution >= 4 is 11.8 Å². The van der Waals surface area contributed by atoms with E-state index >= 15 is 0 Å². The minimum Gasteiger partial charge on any atom is -0.466 e. The number of ketones is 1. The normalized spacial score (nSPS) is 23.2. The Hall–Kier alpha value is -1.38. The molecule has 1 aliphatic rings. The summed E-state index contributed by atoms with van der Waals surface area (Å²) in [5.41, 5.74) is 1.91. The van der Waals surface area contributed by atoms with E-state index in [0.29, 0.717) is 17.9 Å². The van der Waals surface area contributed by atoms with Gasteiger partial charge in [0, 0.05) is 12.0 Å². The fourth-order valence-corrected chi connectivity index (χ4v) is 2.53. The number of allylic oxidation sites excluding steroid dienone is 2. The van der Waals surface area contributed by atoms with Crippen molar-refractivity contribution in [2.24, 2.45) is 11.8 Å². The van der Waals surface area contributed by atoms with Crippen LogP contribution in [0.2, 0.25) is 0 Å². The molecule has 3 heteroatoms. The van der Waals surface area contributed by atoms with Gasteiger partial charge in [-0.3, -0.25) is 0 Å². The van der Waals surface area contributed by atoms with E-state index in [-0.39, 0.29) is 17.7 Å². The predicted molar refractivity (Wildman–Crippen MR) is 75.7 cm³/mol. The van der Waals surface area contributed by atoms with Gasteiger partial charge in [0.1, 0.15) is 5.78 Å². The van der Waals surface area contributed by atoms with Crippen molar-refractivity contribution < 1.29 is 14.3 Å². The Bertz CT molecular complexity index is 393. The van der Waals surface area contributed by atoms with Gasteiger partial charge >= 0.3 is 5.97 Å². The Labute approximate surface area is 115 Å². The summed E-state index contributed by atoms with van der Waals surface area (Å²) in [4.78, 5) is 22.6. The zero-order chi connectivity index (χ0) is 14.4. The fraction of sp³-hybridized carbons (Fsp3) is 0.625. The zero-order valence-electron chi connectivity index (χ0n) is 12.2. The van der Waals surface area contributed by atoms with Gasteiger partial charge in [-0.1, -0.05) is 25.2 Å². The Morgan fingerprint density at radius 1 is 1.42 bits per heavy atom. The maximum absolute atomic E-state index is 11.5. The molecule has 0 N–H and O–H groups in total. The second-order valence-corrected chi connectivity index (χ2v) is 5.41. The quantitative estimate of drug-likeness (QED) is 0.434. The van der Waals surface area contributed by atoms with Gasteiger partial charge in [-0.05, 0) is 44.4 Å². The second-order valence-electron chi connectivity index (χ2n) is 5.41. The van der Waals surface area contributed by atoms with Crippen molar-refractivity contribution in [2.45, 2.75) is 46.0 Å². The average Bonchev–Trinajstić information content (AvgIpc) is 2.56. The van der Waals surface area contributed by atoms with E-state index < -0.39 is 0 Å². The summed E-state index contributed by atoms with van der Waals surface area (Å²) in [6, 6.07) is 0. The van der Waals surface area contributed by atoms with E-state index in [1.54, 1.807) is 6.92 Å². The maximum atomic E-state index is 11.5. The van der Waals surface area contributed by atoms with Crippen LogP contribution in [0.5, 0.6) is 0 Å². The lowest BCUT2D eigenvalue weighted by Crippen LogP contribution is -2.13. The summed E-state index contributed by atoms with van der Waals surface area (Å²) in [6.45, 7) is 7.68. The van der Waals surface area contributed by atoms with Crippen LogP contribution in [0.15, 0.2) is 23.8 Å². The average molecular weight is 264 g/mol. The summed E-state index contributed by atoms with van der Waals surface area (Å²) < 4.78 is 4.73. The van der Waals surface area contributed by atoms with E-state index in [1.807, 2.05) is 0 Å². The van der Waals surface area contributed by atoms with Crippen molar-refractivity contribution in [3.05, 3.63) is 23.8 Å². The van der Waals surface area contributed by atoms with Crippen LogP contribution in [0.1, 0.15) is 46.0 Å². The first-order valence-electron chi connectivity index (χ1n) is 6.91. The largest absolute Gasteiger partial charge is 0.466 e. The number of carbonyl (C=O) groups is 2. The van der Waals surface area contributed by atoms with E-state index in [4.69, 9.17) is 4.74 Å². The van der Waals surface area contributed by atoms with Crippen LogP contribution >= 0.6 is 0 Å². The number of methoxy groups -OCH3 is 1. The molecule has 0 unspecified atom stereocenters. The fourth-order valence-electron chi connectivity index (χ4n) is 2.53. The van der Waals surface area contributed by atoms with Crippen LogP contribution < -0.4 is 0 Å². The van der Waals surface area contributed by atoms with E-state index in [9.17, 15) is 9.59 Å². The van der Waals surface area contributed by atoms with Crippen molar-refractivity contribution in [3.8, 4) is 0 Å². The van der Waals surface area contributed by atoms with Crippen LogP contribution in [0, 0.1) is 11.8 Å². The standard InChI is InChI=1S/C16H24O3/c1-11-5-7-15(13(3)16(18)19-4)10-9-14(11)8-6-12(2)17/h9,11,15H,3,5-8,10H2,1-2,4H3/t11-,15+/m0/s1. The minimum absolute atomic E-state index is 0.171. The molecular formula is C16H24O3. The molecule has 19 heavy (non-hydrogen) atoms. The van der Waals surface area contributed by atoms with Gasteiger partial charge in [0.05, 0.1) is 7.11 Å². The summed E-state index contributed by atoms with van der Waals surface area (Å²) in [7, 11) is 1.39. The first-order chi connectivity index (χ1) is 8.95. The summed E-state index contributed by atoms with van der Waals surface area (Å²) in [5, 5.41) is 0. The Balaban J connectivity index is 2.67. The van der Waals surface area contributed by atoms with Crippen molar-refractivity contribution in [2.75, 3.05) is 7.11 Å². The lowest BCUT2D eigenvalue weighted by molar-refractivity contribution is -0.136. The van der Waals surface area contributed by atoms with E-state index in [0.717, 1.165) is 25.7 Å². The maximum Gasteiger partial charge on any atom is 0.333 e. The highest BCUT2D eigenvalue weighted by atomic mass is 16.5. The molecule has 0 heterocycles. The molecule has 0 aromatic heterocycles. The molecule has 1 aliphatic carbocycles. The smallest absolute Gasteiger partial charge is 0.333 e.